The van der Waals surface area contributed by atoms with E-state index < -0.39 is 28.9 Å². The van der Waals surface area contributed by atoms with Crippen LogP contribution in [0.25, 0.3) is 0 Å². The number of nitrogens with one attached hydrogen (secondary N) is 1. The summed E-state index contributed by atoms with van der Waals surface area (Å²) < 4.78 is 39.3. The maximum absolute atomic E-state index is 14.1. The van der Waals surface area contributed by atoms with Crippen molar-refractivity contribution in [2.45, 2.75) is 26.4 Å². The van der Waals surface area contributed by atoms with E-state index in [2.05, 4.69) is 20.3 Å². The first-order valence-electron chi connectivity index (χ1n) is 10.3. The van der Waals surface area contributed by atoms with Gasteiger partial charge in [-0.25, -0.2) is 23.7 Å². The van der Waals surface area contributed by atoms with E-state index in [1.165, 1.54) is 6.08 Å². The van der Waals surface area contributed by atoms with Crippen LogP contribution in [0.5, 0.6) is 5.75 Å². The van der Waals surface area contributed by atoms with E-state index >= 15 is 0 Å². The second-order valence-corrected chi connectivity index (χ2v) is 8.10. The number of carbonyl (C=O) groups excluding carboxylic acids is 1. The van der Waals surface area contributed by atoms with Crippen LogP contribution in [0.2, 0.25) is 0 Å². The molecule has 168 valence electrons. The molecule has 7 nitrogen and oxygen atoms in total. The van der Waals surface area contributed by atoms with E-state index in [4.69, 9.17) is 9.47 Å². The van der Waals surface area contributed by atoms with E-state index in [1.807, 2.05) is 0 Å². The standard InChI is InChI=1S/C23H24F2N4O3/c1-14-27-11-20(19(28-14)12-31-2)32-13-23(15-7-16(24)9-17(25)8-15)10-18(23)22(30)29-21-5-3-4-6-26-21/h3-7,9,11,15,18H,8,10,12-13H2,1-2H3,(H,26,29,30)/t15?,18-,23+/m0/s1. The normalized spacial score (nSPS) is 24.4. The van der Waals surface area contributed by atoms with Gasteiger partial charge in [0, 0.05) is 37.1 Å². The number of hydrogen-bond acceptors (Lipinski definition) is 6. The number of halogens is 2. The van der Waals surface area contributed by atoms with E-state index in [0.717, 1.165) is 6.08 Å². The summed E-state index contributed by atoms with van der Waals surface area (Å²) in [6, 6.07) is 5.19. The van der Waals surface area contributed by atoms with E-state index in [1.54, 1.807) is 44.6 Å². The van der Waals surface area contributed by atoms with Gasteiger partial charge in [0.2, 0.25) is 5.91 Å². The summed E-state index contributed by atoms with van der Waals surface area (Å²) >= 11 is 0. The first-order valence-corrected chi connectivity index (χ1v) is 10.3. The lowest BCUT2D eigenvalue weighted by Crippen LogP contribution is -2.30. The number of methoxy groups -OCH3 is 1. The van der Waals surface area contributed by atoms with Gasteiger partial charge < -0.3 is 14.8 Å². The number of rotatable bonds is 8. The highest BCUT2D eigenvalue weighted by molar-refractivity contribution is 5.94. The van der Waals surface area contributed by atoms with Crippen molar-refractivity contribution in [2.75, 3.05) is 19.0 Å². The molecule has 9 heteroatoms. The Morgan fingerprint density at radius 1 is 1.31 bits per heavy atom. The maximum Gasteiger partial charge on any atom is 0.229 e. The van der Waals surface area contributed by atoms with Gasteiger partial charge in [-0.1, -0.05) is 6.07 Å². The number of hydrogen-bond donors (Lipinski definition) is 1. The van der Waals surface area contributed by atoms with Crippen LogP contribution in [0.15, 0.2) is 54.4 Å². The van der Waals surface area contributed by atoms with Gasteiger partial charge in [-0.2, -0.15) is 0 Å². The zero-order valence-corrected chi connectivity index (χ0v) is 17.8. The molecule has 2 aliphatic carbocycles. The molecule has 0 radical (unpaired) electrons. The Morgan fingerprint density at radius 2 is 2.16 bits per heavy atom. The molecule has 32 heavy (non-hydrogen) atoms. The van der Waals surface area contributed by atoms with Gasteiger partial charge >= 0.3 is 0 Å². The Morgan fingerprint density at radius 3 is 2.88 bits per heavy atom. The van der Waals surface area contributed by atoms with Gasteiger partial charge in [-0.15, -0.1) is 0 Å². The lowest BCUT2D eigenvalue weighted by molar-refractivity contribution is -0.118. The first-order chi connectivity index (χ1) is 15.4. The molecule has 3 atom stereocenters. The summed E-state index contributed by atoms with van der Waals surface area (Å²) in [5.41, 5.74) is -0.196. The molecule has 0 aliphatic heterocycles. The highest BCUT2D eigenvalue weighted by Gasteiger charge is 2.63. The van der Waals surface area contributed by atoms with Gasteiger partial charge in [-0.05, 0) is 37.5 Å². The van der Waals surface area contributed by atoms with Crippen molar-refractivity contribution in [1.29, 1.82) is 0 Å². The van der Waals surface area contributed by atoms with Crippen LogP contribution in [0, 0.1) is 24.2 Å². The summed E-state index contributed by atoms with van der Waals surface area (Å²) in [5.74, 6) is -1.05. The number of ether oxygens (including phenoxy) is 2. The first kappa shape index (κ1) is 22.0. The molecule has 1 saturated carbocycles. The van der Waals surface area contributed by atoms with Crippen molar-refractivity contribution in [2.24, 2.45) is 17.3 Å². The third-order valence-electron chi connectivity index (χ3n) is 5.89. The van der Waals surface area contributed by atoms with E-state index in [9.17, 15) is 13.6 Å². The van der Waals surface area contributed by atoms with Crippen LogP contribution in [-0.2, 0) is 16.1 Å². The van der Waals surface area contributed by atoms with Crippen molar-refractivity contribution < 1.29 is 23.0 Å². The summed E-state index contributed by atoms with van der Waals surface area (Å²) in [6.45, 7) is 2.07. The minimum atomic E-state index is -0.767. The molecule has 2 aromatic rings. The smallest absolute Gasteiger partial charge is 0.229 e. The molecule has 1 unspecified atom stereocenters. The average molecular weight is 442 g/mol. The van der Waals surface area contributed by atoms with Crippen LogP contribution in [0.1, 0.15) is 24.4 Å². The number of pyridine rings is 1. The second-order valence-electron chi connectivity index (χ2n) is 8.10. The lowest BCUT2D eigenvalue weighted by Gasteiger charge is -2.27. The van der Waals surface area contributed by atoms with Crippen molar-refractivity contribution >= 4 is 11.7 Å². The minimum Gasteiger partial charge on any atom is -0.489 e. The summed E-state index contributed by atoms with van der Waals surface area (Å²) in [5, 5.41) is 2.78. The number of anilines is 1. The Hall–Kier alpha value is -3.20. The average Bonchev–Trinajstić information content (AvgIpc) is 3.50. The van der Waals surface area contributed by atoms with Gasteiger partial charge in [0.15, 0.2) is 5.75 Å². The van der Waals surface area contributed by atoms with Gasteiger partial charge in [0.1, 0.15) is 29.0 Å². The quantitative estimate of drug-likeness (QED) is 0.663. The minimum absolute atomic E-state index is 0.0134. The van der Waals surface area contributed by atoms with Crippen LogP contribution >= 0.6 is 0 Å². The maximum atomic E-state index is 14.1. The number of nitrogens with zero attached hydrogens (tertiary/aromatic N) is 3. The molecule has 2 heterocycles. The molecular weight excluding hydrogens is 418 g/mol. The van der Waals surface area contributed by atoms with Crippen LogP contribution in [0.4, 0.5) is 14.6 Å². The van der Waals surface area contributed by atoms with E-state index in [0.29, 0.717) is 29.5 Å². The molecule has 0 spiro atoms. The second kappa shape index (κ2) is 9.12. The topological polar surface area (TPSA) is 86.2 Å². The molecule has 1 N–H and O–H groups in total. The fourth-order valence-electron chi connectivity index (χ4n) is 4.17. The fourth-order valence-corrected chi connectivity index (χ4v) is 4.17. The SMILES string of the molecule is COCc1nc(C)ncc1OC[C@@]1(C2C=C(F)C=C(F)C2)C[C@H]1C(=O)Nc1ccccn1. The summed E-state index contributed by atoms with van der Waals surface area (Å²) in [4.78, 5) is 25.6. The number of allylic oxidation sites excluding steroid dienone is 4. The molecular formula is C23H24F2N4O3. The van der Waals surface area contributed by atoms with Crippen LogP contribution in [-0.4, -0.2) is 34.6 Å². The van der Waals surface area contributed by atoms with Crippen LogP contribution in [0.3, 0.4) is 0 Å². The predicted molar refractivity (Wildman–Crippen MR) is 113 cm³/mol. The zero-order chi connectivity index (χ0) is 22.7. The van der Waals surface area contributed by atoms with Gasteiger partial charge in [0.05, 0.1) is 19.4 Å². The Bertz CT molecular complexity index is 1060. The Kier molecular flexibility index (Phi) is 6.27. The number of amides is 1. The van der Waals surface area contributed by atoms with Crippen molar-refractivity contribution in [1.82, 2.24) is 15.0 Å². The molecule has 0 saturated heterocycles. The third kappa shape index (κ3) is 4.67. The molecule has 0 aromatic carbocycles. The van der Waals surface area contributed by atoms with Crippen LogP contribution < -0.4 is 10.1 Å². The van der Waals surface area contributed by atoms with Crippen molar-refractivity contribution in [3.63, 3.8) is 0 Å². The number of aromatic nitrogens is 3. The number of aryl methyl sites for hydroxylation is 1. The molecule has 1 amide bonds. The molecule has 2 aromatic heterocycles. The summed E-state index contributed by atoms with van der Waals surface area (Å²) in [7, 11) is 1.55. The Labute approximate surface area is 184 Å². The van der Waals surface area contributed by atoms with Crippen molar-refractivity contribution in [3.8, 4) is 5.75 Å². The highest BCUT2D eigenvalue weighted by atomic mass is 19.1. The Balaban J connectivity index is 1.56. The predicted octanol–water partition coefficient (Wildman–Crippen LogP) is 4.08. The fraction of sp³-hybridized carbons (Fsp3) is 0.391. The van der Waals surface area contributed by atoms with Gasteiger partial charge in [-0.3, -0.25) is 4.79 Å². The van der Waals surface area contributed by atoms with Crippen molar-refractivity contribution in [3.05, 3.63) is 65.9 Å². The highest BCUT2D eigenvalue weighted by Crippen LogP contribution is 2.61. The molecule has 0 bridgehead atoms. The monoisotopic (exact) mass is 442 g/mol. The van der Waals surface area contributed by atoms with Gasteiger partial charge in [0.25, 0.3) is 0 Å². The zero-order valence-electron chi connectivity index (χ0n) is 17.8. The largest absolute Gasteiger partial charge is 0.489 e. The third-order valence-corrected chi connectivity index (χ3v) is 5.89. The van der Waals surface area contributed by atoms with E-state index in [-0.39, 0.29) is 25.5 Å². The summed E-state index contributed by atoms with van der Waals surface area (Å²) in [6.07, 6.45) is 5.82. The molecule has 4 rings (SSSR count). The molecule has 2 aliphatic rings. The lowest BCUT2D eigenvalue weighted by atomic mass is 9.82. The molecule has 1 fully saturated rings. The number of carbonyl (C=O) groups is 1.